The van der Waals surface area contributed by atoms with E-state index in [2.05, 4.69) is 26.2 Å². The number of hydrogen-bond donors (Lipinski definition) is 2. The Balaban J connectivity index is 2.12. The second kappa shape index (κ2) is 5.84. The summed E-state index contributed by atoms with van der Waals surface area (Å²) in [5.74, 6) is -0.933. The summed E-state index contributed by atoms with van der Waals surface area (Å²) < 4.78 is 0.735. The van der Waals surface area contributed by atoms with Crippen molar-refractivity contribution in [3.8, 4) is 0 Å². The molecule has 0 aliphatic carbocycles. The molecule has 0 radical (unpaired) electrons. The van der Waals surface area contributed by atoms with Crippen molar-refractivity contribution in [2.24, 2.45) is 0 Å². The predicted molar refractivity (Wildman–Crippen MR) is 77.4 cm³/mol. The molecule has 0 saturated heterocycles. The summed E-state index contributed by atoms with van der Waals surface area (Å²) in [4.78, 5) is 14.9. The van der Waals surface area contributed by atoms with Gasteiger partial charge >= 0.3 is 5.97 Å². The molecule has 0 unspecified atom stereocenters. The maximum Gasteiger partial charge on any atom is 0.335 e. The minimum absolute atomic E-state index is 0.262. The highest BCUT2D eigenvalue weighted by Crippen LogP contribution is 2.24. The molecule has 0 fully saturated rings. The van der Waals surface area contributed by atoms with Gasteiger partial charge in [-0.15, -0.1) is 0 Å². The molecule has 1 heterocycles. The summed E-state index contributed by atoms with van der Waals surface area (Å²) in [6, 6.07) is 6.88. The summed E-state index contributed by atoms with van der Waals surface area (Å²) in [7, 11) is 0. The van der Waals surface area contributed by atoms with Gasteiger partial charge in [0.25, 0.3) is 0 Å². The van der Waals surface area contributed by atoms with Gasteiger partial charge in [-0.05, 0) is 58.2 Å². The van der Waals surface area contributed by atoms with Crippen LogP contribution in [0, 0.1) is 6.92 Å². The molecule has 2 aromatic rings. The van der Waals surface area contributed by atoms with Crippen LogP contribution in [0.5, 0.6) is 0 Å². The van der Waals surface area contributed by atoms with Gasteiger partial charge in [0, 0.05) is 29.1 Å². The number of aryl methyl sites for hydroxylation is 1. The Labute approximate surface area is 119 Å². The minimum atomic E-state index is -0.933. The quantitative estimate of drug-likeness (QED) is 0.905. The van der Waals surface area contributed by atoms with E-state index in [1.165, 1.54) is 0 Å². The fourth-order valence-corrected chi connectivity index (χ4v) is 2.20. The van der Waals surface area contributed by atoms with Crippen LogP contribution in [0.2, 0.25) is 0 Å². The van der Waals surface area contributed by atoms with Crippen molar-refractivity contribution in [2.45, 2.75) is 13.5 Å². The standard InChI is InChI=1S/C14H13BrN2O2/c1-9-7-16-5-4-11(9)8-17-13-3-2-10(14(18)19)6-12(13)15/h2-7,17H,8H2,1H3,(H,18,19). The molecular formula is C14H13BrN2O2. The Kier molecular flexibility index (Phi) is 4.16. The summed E-state index contributed by atoms with van der Waals surface area (Å²) in [5, 5.41) is 12.2. The molecule has 19 heavy (non-hydrogen) atoms. The number of carboxylic acids is 1. The molecule has 0 amide bonds. The van der Waals surface area contributed by atoms with E-state index in [0.29, 0.717) is 6.54 Å². The van der Waals surface area contributed by atoms with Gasteiger partial charge < -0.3 is 10.4 Å². The summed E-state index contributed by atoms with van der Waals surface area (Å²) in [6.45, 7) is 2.67. The summed E-state index contributed by atoms with van der Waals surface area (Å²) in [5.41, 5.74) is 3.40. The largest absolute Gasteiger partial charge is 0.478 e. The topological polar surface area (TPSA) is 62.2 Å². The van der Waals surface area contributed by atoms with E-state index in [-0.39, 0.29) is 5.56 Å². The third-order valence-electron chi connectivity index (χ3n) is 2.82. The van der Waals surface area contributed by atoms with Gasteiger partial charge in [0.15, 0.2) is 0 Å². The van der Waals surface area contributed by atoms with Crippen LogP contribution in [0.1, 0.15) is 21.5 Å². The number of carbonyl (C=O) groups is 1. The number of anilines is 1. The van der Waals surface area contributed by atoms with E-state index < -0.39 is 5.97 Å². The van der Waals surface area contributed by atoms with Crippen LogP contribution in [-0.2, 0) is 6.54 Å². The van der Waals surface area contributed by atoms with Gasteiger partial charge in [0.1, 0.15) is 0 Å². The number of nitrogens with zero attached hydrogens (tertiary/aromatic N) is 1. The molecule has 0 saturated carbocycles. The zero-order valence-electron chi connectivity index (χ0n) is 10.4. The SMILES string of the molecule is Cc1cnccc1CNc1ccc(C(=O)O)cc1Br. The van der Waals surface area contributed by atoms with Gasteiger partial charge in [-0.2, -0.15) is 0 Å². The maximum absolute atomic E-state index is 10.8. The molecule has 4 nitrogen and oxygen atoms in total. The van der Waals surface area contributed by atoms with Crippen LogP contribution in [0.25, 0.3) is 0 Å². The van der Waals surface area contributed by atoms with Crippen molar-refractivity contribution in [1.29, 1.82) is 0 Å². The first-order chi connectivity index (χ1) is 9.08. The number of carboxylic acid groups (broad SMARTS) is 1. The zero-order valence-corrected chi connectivity index (χ0v) is 11.9. The average molecular weight is 321 g/mol. The normalized spacial score (nSPS) is 10.2. The second-order valence-corrected chi connectivity index (χ2v) is 5.01. The fourth-order valence-electron chi connectivity index (χ4n) is 1.68. The number of halogens is 1. The zero-order chi connectivity index (χ0) is 13.8. The molecule has 1 aromatic heterocycles. The molecule has 0 aliphatic heterocycles. The molecule has 5 heteroatoms. The van der Waals surface area contributed by atoms with Crippen molar-refractivity contribution in [3.63, 3.8) is 0 Å². The Bertz CT molecular complexity index is 614. The highest BCUT2D eigenvalue weighted by molar-refractivity contribution is 9.10. The lowest BCUT2D eigenvalue weighted by Gasteiger charge is -2.10. The van der Waals surface area contributed by atoms with E-state index in [0.717, 1.165) is 21.3 Å². The number of aromatic carboxylic acids is 1. The molecule has 0 atom stereocenters. The Morgan fingerprint density at radius 2 is 2.21 bits per heavy atom. The molecule has 0 bridgehead atoms. The van der Waals surface area contributed by atoms with Crippen molar-refractivity contribution in [1.82, 2.24) is 4.98 Å². The van der Waals surface area contributed by atoms with E-state index in [4.69, 9.17) is 5.11 Å². The Morgan fingerprint density at radius 1 is 1.42 bits per heavy atom. The summed E-state index contributed by atoms with van der Waals surface area (Å²) >= 11 is 3.37. The fraction of sp³-hybridized carbons (Fsp3) is 0.143. The number of rotatable bonds is 4. The monoisotopic (exact) mass is 320 g/mol. The van der Waals surface area contributed by atoms with Crippen molar-refractivity contribution < 1.29 is 9.90 Å². The molecular weight excluding hydrogens is 308 g/mol. The van der Waals surface area contributed by atoms with Crippen LogP contribution >= 0.6 is 15.9 Å². The van der Waals surface area contributed by atoms with Gasteiger partial charge in [0.05, 0.1) is 5.56 Å². The van der Waals surface area contributed by atoms with Crippen molar-refractivity contribution in [2.75, 3.05) is 5.32 Å². The van der Waals surface area contributed by atoms with Crippen molar-refractivity contribution >= 4 is 27.6 Å². The van der Waals surface area contributed by atoms with Crippen LogP contribution in [0.4, 0.5) is 5.69 Å². The number of pyridine rings is 1. The smallest absolute Gasteiger partial charge is 0.335 e. The number of benzene rings is 1. The number of hydrogen-bond acceptors (Lipinski definition) is 3. The van der Waals surface area contributed by atoms with Gasteiger partial charge in [-0.1, -0.05) is 0 Å². The molecule has 2 rings (SSSR count). The van der Waals surface area contributed by atoms with Crippen molar-refractivity contribution in [3.05, 3.63) is 57.8 Å². The molecule has 2 N–H and O–H groups in total. The minimum Gasteiger partial charge on any atom is -0.478 e. The highest BCUT2D eigenvalue weighted by Gasteiger charge is 2.06. The van der Waals surface area contributed by atoms with Crippen LogP contribution in [0.3, 0.4) is 0 Å². The van der Waals surface area contributed by atoms with E-state index in [9.17, 15) is 4.79 Å². The lowest BCUT2D eigenvalue weighted by molar-refractivity contribution is 0.0697. The maximum atomic E-state index is 10.8. The predicted octanol–water partition coefficient (Wildman–Crippen LogP) is 3.46. The van der Waals surface area contributed by atoms with Crippen LogP contribution in [-0.4, -0.2) is 16.1 Å². The van der Waals surface area contributed by atoms with Gasteiger partial charge in [0.2, 0.25) is 0 Å². The highest BCUT2D eigenvalue weighted by atomic mass is 79.9. The summed E-state index contributed by atoms with van der Waals surface area (Å²) in [6.07, 6.45) is 3.58. The molecule has 0 spiro atoms. The van der Waals surface area contributed by atoms with Crippen LogP contribution < -0.4 is 5.32 Å². The number of aromatic nitrogens is 1. The van der Waals surface area contributed by atoms with E-state index in [1.54, 1.807) is 24.4 Å². The first-order valence-electron chi connectivity index (χ1n) is 5.74. The third kappa shape index (κ3) is 3.32. The van der Waals surface area contributed by atoms with E-state index >= 15 is 0 Å². The van der Waals surface area contributed by atoms with E-state index in [1.807, 2.05) is 19.2 Å². The molecule has 0 aliphatic rings. The lowest BCUT2D eigenvalue weighted by Crippen LogP contribution is -2.03. The lowest BCUT2D eigenvalue weighted by atomic mass is 10.1. The third-order valence-corrected chi connectivity index (χ3v) is 3.48. The second-order valence-electron chi connectivity index (χ2n) is 4.16. The number of nitrogens with one attached hydrogen (secondary N) is 1. The average Bonchev–Trinajstić information content (AvgIpc) is 2.39. The first kappa shape index (κ1) is 13.5. The molecule has 98 valence electrons. The Morgan fingerprint density at radius 3 is 2.84 bits per heavy atom. The van der Waals surface area contributed by atoms with Gasteiger partial charge in [-0.3, -0.25) is 4.98 Å². The molecule has 1 aromatic carbocycles. The first-order valence-corrected chi connectivity index (χ1v) is 6.53. The Hall–Kier alpha value is -1.88. The van der Waals surface area contributed by atoms with Gasteiger partial charge in [-0.25, -0.2) is 4.79 Å². The van der Waals surface area contributed by atoms with Crippen LogP contribution in [0.15, 0.2) is 41.1 Å².